The van der Waals surface area contributed by atoms with E-state index in [4.69, 9.17) is 0 Å². The quantitative estimate of drug-likeness (QED) is 0.593. The minimum Gasteiger partial charge on any atom is -0.271 e. The summed E-state index contributed by atoms with van der Waals surface area (Å²) in [5.74, 6) is -3.65. The van der Waals surface area contributed by atoms with E-state index in [1.54, 1.807) is 6.92 Å². The lowest BCUT2D eigenvalue weighted by Crippen LogP contribution is -2.37. The molecule has 0 bridgehead atoms. The second-order valence-electron chi connectivity index (χ2n) is 6.34. The number of halogens is 2. The number of amides is 2. The molecule has 1 aliphatic heterocycles. The topological polar surface area (TPSA) is 62.3 Å². The fraction of sp³-hybridized carbons (Fsp3) is 0.500. The molecular formula is C18H23F2N3O2. The molecular weight excluding hydrogens is 328 g/mol. The molecule has 0 unspecified atom stereocenters. The Bertz CT molecular complexity index is 724. The number of hydrogen-bond donors (Lipinski definition) is 1. The maximum Gasteiger partial charge on any atom is 0.276 e. The van der Waals surface area contributed by atoms with Crippen LogP contribution in [0.15, 0.2) is 23.3 Å². The van der Waals surface area contributed by atoms with E-state index in [1.165, 1.54) is 19.1 Å². The lowest BCUT2D eigenvalue weighted by Gasteiger charge is -2.19. The van der Waals surface area contributed by atoms with Crippen LogP contribution in [0.4, 0.5) is 14.6 Å². The van der Waals surface area contributed by atoms with Gasteiger partial charge in [0.15, 0.2) is 0 Å². The van der Waals surface area contributed by atoms with Crippen LogP contribution in [0.2, 0.25) is 0 Å². The van der Waals surface area contributed by atoms with Crippen molar-refractivity contribution in [2.75, 3.05) is 5.43 Å². The fourth-order valence-electron chi connectivity index (χ4n) is 2.83. The number of hydrogen-bond acceptors (Lipinski definition) is 4. The van der Waals surface area contributed by atoms with Gasteiger partial charge in [-0.2, -0.15) is 5.01 Å². The van der Waals surface area contributed by atoms with Gasteiger partial charge in [0.2, 0.25) is 0 Å². The average molecular weight is 351 g/mol. The first-order chi connectivity index (χ1) is 11.7. The molecule has 1 aromatic heterocycles. The number of carbonyl (C=O) groups excluding carboxylic acids is 2. The van der Waals surface area contributed by atoms with E-state index < -0.39 is 17.7 Å². The standard InChI is InChI=1S/C18H23F2N3O2/c1-5-6-7-8-13-11(2)16(24)23(17(13)25)22-15-10-9-14(12(3)21-15)18(4,19)20/h9-10H,5-8H2,1-4H3,(H,21,22). The van der Waals surface area contributed by atoms with Crippen molar-refractivity contribution in [3.63, 3.8) is 0 Å². The first-order valence-corrected chi connectivity index (χ1v) is 8.38. The Morgan fingerprint density at radius 2 is 1.84 bits per heavy atom. The van der Waals surface area contributed by atoms with Crippen molar-refractivity contribution in [2.24, 2.45) is 0 Å². The third-order valence-electron chi connectivity index (χ3n) is 4.25. The summed E-state index contributed by atoms with van der Waals surface area (Å²) in [6.07, 6.45) is 3.40. The number of aryl methyl sites for hydroxylation is 1. The molecule has 0 atom stereocenters. The lowest BCUT2D eigenvalue weighted by atomic mass is 10.0. The number of carbonyl (C=O) groups is 2. The molecule has 0 aliphatic carbocycles. The lowest BCUT2D eigenvalue weighted by molar-refractivity contribution is -0.136. The zero-order chi connectivity index (χ0) is 18.8. The van der Waals surface area contributed by atoms with Gasteiger partial charge in [-0.1, -0.05) is 19.8 Å². The van der Waals surface area contributed by atoms with E-state index in [-0.39, 0.29) is 17.1 Å². The van der Waals surface area contributed by atoms with Gasteiger partial charge in [0.05, 0.1) is 0 Å². The van der Waals surface area contributed by atoms with Crippen molar-refractivity contribution in [2.45, 2.75) is 59.3 Å². The van der Waals surface area contributed by atoms with Gasteiger partial charge in [-0.3, -0.25) is 15.0 Å². The zero-order valence-electron chi connectivity index (χ0n) is 14.9. The van der Waals surface area contributed by atoms with E-state index in [0.717, 1.165) is 31.2 Å². The highest BCUT2D eigenvalue weighted by Gasteiger charge is 2.36. The van der Waals surface area contributed by atoms with Crippen molar-refractivity contribution < 1.29 is 18.4 Å². The third kappa shape index (κ3) is 4.03. The molecule has 2 amide bonds. The molecule has 7 heteroatoms. The van der Waals surface area contributed by atoms with Crippen molar-refractivity contribution in [1.29, 1.82) is 0 Å². The number of imide groups is 1. The predicted octanol–water partition coefficient (Wildman–Crippen LogP) is 4.09. The van der Waals surface area contributed by atoms with E-state index in [9.17, 15) is 18.4 Å². The van der Waals surface area contributed by atoms with Crippen LogP contribution in [0.25, 0.3) is 0 Å². The first kappa shape index (κ1) is 19.0. The first-order valence-electron chi connectivity index (χ1n) is 8.38. The Morgan fingerprint density at radius 1 is 1.16 bits per heavy atom. The zero-order valence-corrected chi connectivity index (χ0v) is 14.9. The van der Waals surface area contributed by atoms with E-state index in [2.05, 4.69) is 17.3 Å². The smallest absolute Gasteiger partial charge is 0.271 e. The minimum atomic E-state index is -3.00. The highest BCUT2D eigenvalue weighted by Crippen LogP contribution is 2.30. The third-order valence-corrected chi connectivity index (χ3v) is 4.25. The Balaban J connectivity index is 2.15. The molecule has 0 saturated carbocycles. The highest BCUT2D eigenvalue weighted by atomic mass is 19.3. The highest BCUT2D eigenvalue weighted by molar-refractivity contribution is 6.19. The molecule has 136 valence electrons. The van der Waals surface area contributed by atoms with E-state index in [0.29, 0.717) is 17.6 Å². The molecule has 0 spiro atoms. The Labute approximate surface area is 146 Å². The van der Waals surface area contributed by atoms with Gasteiger partial charge in [0.25, 0.3) is 17.7 Å². The normalized spacial score (nSPS) is 15.4. The summed E-state index contributed by atoms with van der Waals surface area (Å²) in [5.41, 5.74) is 3.52. The maximum absolute atomic E-state index is 13.4. The monoisotopic (exact) mass is 351 g/mol. The number of rotatable bonds is 7. The van der Waals surface area contributed by atoms with Gasteiger partial charge in [0.1, 0.15) is 5.82 Å². The number of alkyl halides is 2. The van der Waals surface area contributed by atoms with Crippen molar-refractivity contribution in [3.05, 3.63) is 34.5 Å². The van der Waals surface area contributed by atoms with Gasteiger partial charge in [-0.05, 0) is 38.8 Å². The minimum absolute atomic E-state index is 0.143. The van der Waals surface area contributed by atoms with Gasteiger partial charge in [0, 0.05) is 29.3 Å². The van der Waals surface area contributed by atoms with Crippen LogP contribution in [0, 0.1) is 6.92 Å². The summed E-state index contributed by atoms with van der Waals surface area (Å²) in [5, 5.41) is 0.905. The molecule has 1 aromatic rings. The van der Waals surface area contributed by atoms with Crippen molar-refractivity contribution >= 4 is 17.6 Å². The molecule has 25 heavy (non-hydrogen) atoms. The Kier molecular flexibility index (Phi) is 5.55. The number of unbranched alkanes of at least 4 members (excludes halogenated alkanes) is 2. The number of nitrogens with zero attached hydrogens (tertiary/aromatic N) is 2. The van der Waals surface area contributed by atoms with Crippen molar-refractivity contribution in [3.8, 4) is 0 Å². The number of hydrazine groups is 1. The summed E-state index contributed by atoms with van der Waals surface area (Å²) in [6, 6.07) is 2.59. The van der Waals surface area contributed by atoms with Crippen molar-refractivity contribution in [1.82, 2.24) is 9.99 Å². The summed E-state index contributed by atoms with van der Waals surface area (Å²) < 4.78 is 26.9. The average Bonchev–Trinajstić information content (AvgIpc) is 2.71. The van der Waals surface area contributed by atoms with Crippen LogP contribution in [0.5, 0.6) is 0 Å². The van der Waals surface area contributed by atoms with Gasteiger partial charge < -0.3 is 0 Å². The van der Waals surface area contributed by atoms with Gasteiger partial charge in [-0.15, -0.1) is 0 Å². The summed E-state index contributed by atoms with van der Waals surface area (Å²) in [7, 11) is 0. The molecule has 0 aromatic carbocycles. The predicted molar refractivity (Wildman–Crippen MR) is 90.9 cm³/mol. The Hall–Kier alpha value is -2.31. The van der Waals surface area contributed by atoms with Crippen LogP contribution < -0.4 is 5.43 Å². The summed E-state index contributed by atoms with van der Waals surface area (Å²) >= 11 is 0. The number of nitrogens with one attached hydrogen (secondary N) is 1. The van der Waals surface area contributed by atoms with Crippen LogP contribution in [-0.2, 0) is 15.5 Å². The molecule has 5 nitrogen and oxygen atoms in total. The molecule has 2 heterocycles. The molecule has 1 aliphatic rings. The molecule has 0 fully saturated rings. The maximum atomic E-state index is 13.4. The molecule has 1 N–H and O–H groups in total. The number of aromatic nitrogens is 1. The second kappa shape index (κ2) is 7.29. The van der Waals surface area contributed by atoms with E-state index in [1.807, 2.05) is 0 Å². The summed E-state index contributed by atoms with van der Waals surface area (Å²) in [6.45, 7) is 5.95. The second-order valence-corrected chi connectivity index (χ2v) is 6.34. The van der Waals surface area contributed by atoms with Gasteiger partial charge >= 0.3 is 0 Å². The van der Waals surface area contributed by atoms with Crippen LogP contribution in [0.1, 0.15) is 57.7 Å². The van der Waals surface area contributed by atoms with E-state index >= 15 is 0 Å². The van der Waals surface area contributed by atoms with Gasteiger partial charge in [-0.25, -0.2) is 13.8 Å². The number of anilines is 1. The largest absolute Gasteiger partial charge is 0.276 e. The molecule has 2 rings (SSSR count). The fourth-order valence-corrected chi connectivity index (χ4v) is 2.83. The number of pyridine rings is 1. The van der Waals surface area contributed by atoms with Crippen LogP contribution in [-0.4, -0.2) is 21.8 Å². The summed E-state index contributed by atoms with van der Waals surface area (Å²) in [4.78, 5) is 28.8. The molecule has 0 saturated heterocycles. The molecule has 0 radical (unpaired) electrons. The van der Waals surface area contributed by atoms with Crippen LogP contribution >= 0.6 is 0 Å². The SMILES string of the molecule is CCCCCC1=C(C)C(=O)N(Nc2ccc(C(C)(F)F)c(C)n2)C1=O. The van der Waals surface area contributed by atoms with Crippen LogP contribution in [0.3, 0.4) is 0 Å². The Morgan fingerprint density at radius 3 is 2.40 bits per heavy atom.